The van der Waals surface area contributed by atoms with Gasteiger partial charge >= 0.3 is 5.97 Å². The summed E-state index contributed by atoms with van der Waals surface area (Å²) >= 11 is 5.28. The number of rotatable bonds is 1. The minimum Gasteiger partial charge on any atom is -0.426 e. The number of hydrogen-bond donors (Lipinski definition) is 0. The third-order valence-corrected chi connectivity index (χ3v) is 2.43. The maximum atomic E-state index is 11.3. The van der Waals surface area contributed by atoms with Crippen LogP contribution in [0.25, 0.3) is 0 Å². The largest absolute Gasteiger partial charge is 0.426 e. The molecule has 14 heavy (non-hydrogen) atoms. The van der Waals surface area contributed by atoms with Gasteiger partial charge in [0.05, 0.1) is 0 Å². The van der Waals surface area contributed by atoms with Crippen LogP contribution < -0.4 is 4.74 Å². The van der Waals surface area contributed by atoms with Crippen molar-refractivity contribution in [1.29, 1.82) is 0 Å². The second-order valence-electron chi connectivity index (χ2n) is 3.09. The number of carbonyl (C=O) groups is 2. The summed E-state index contributed by atoms with van der Waals surface area (Å²) in [6.07, 6.45) is 0.331. The van der Waals surface area contributed by atoms with Crippen molar-refractivity contribution in [2.75, 3.05) is 0 Å². The number of halogens is 1. The number of carbonyl (C=O) groups excluding carboxylic acids is 2. The molecule has 0 fully saturated rings. The number of ether oxygens (including phenoxy) is 1. The van der Waals surface area contributed by atoms with E-state index in [0.29, 0.717) is 12.2 Å². The van der Waals surface area contributed by atoms with Gasteiger partial charge in [-0.05, 0) is 29.7 Å². The number of hydrogen-bond acceptors (Lipinski definition) is 3. The molecule has 4 heteroatoms. The zero-order valence-electron chi connectivity index (χ0n) is 7.20. The molecule has 1 aliphatic heterocycles. The molecule has 1 aromatic rings. The number of benzene rings is 1. The lowest BCUT2D eigenvalue weighted by atomic mass is 9.97. The van der Waals surface area contributed by atoms with Crippen LogP contribution in [0.3, 0.4) is 0 Å². The first-order valence-corrected chi connectivity index (χ1v) is 4.55. The SMILES string of the molecule is O=C(Cl)C1Cc2ccccc2OC1=O. The average molecular weight is 211 g/mol. The predicted molar refractivity (Wildman–Crippen MR) is 50.1 cm³/mol. The molecule has 0 N–H and O–H groups in total. The first kappa shape index (κ1) is 9.21. The first-order chi connectivity index (χ1) is 6.68. The fraction of sp³-hybridized carbons (Fsp3) is 0.200. The van der Waals surface area contributed by atoms with E-state index in [1.165, 1.54) is 0 Å². The monoisotopic (exact) mass is 210 g/mol. The molecule has 1 atom stereocenters. The Bertz CT molecular complexity index is 400. The normalized spacial score (nSPS) is 19.8. The zero-order chi connectivity index (χ0) is 10.1. The maximum Gasteiger partial charge on any atom is 0.323 e. The zero-order valence-corrected chi connectivity index (χ0v) is 7.95. The highest BCUT2D eigenvalue weighted by molar-refractivity contribution is 6.65. The second-order valence-corrected chi connectivity index (χ2v) is 3.46. The molecule has 0 saturated heterocycles. The van der Waals surface area contributed by atoms with Crippen molar-refractivity contribution in [1.82, 2.24) is 0 Å². The van der Waals surface area contributed by atoms with Gasteiger partial charge in [0.15, 0.2) is 0 Å². The van der Waals surface area contributed by atoms with Crippen molar-refractivity contribution in [3.63, 3.8) is 0 Å². The second kappa shape index (κ2) is 3.42. The summed E-state index contributed by atoms with van der Waals surface area (Å²) in [4.78, 5) is 22.2. The van der Waals surface area contributed by atoms with E-state index in [-0.39, 0.29) is 0 Å². The Morgan fingerprint density at radius 2 is 2.14 bits per heavy atom. The molecule has 0 aromatic heterocycles. The minimum atomic E-state index is -0.855. The topological polar surface area (TPSA) is 43.4 Å². The molecule has 0 amide bonds. The summed E-state index contributed by atoms with van der Waals surface area (Å²) in [5.41, 5.74) is 0.839. The van der Waals surface area contributed by atoms with E-state index >= 15 is 0 Å². The molecule has 0 radical (unpaired) electrons. The van der Waals surface area contributed by atoms with Crippen LogP contribution in [0, 0.1) is 5.92 Å². The van der Waals surface area contributed by atoms with Crippen LogP contribution in [0.1, 0.15) is 5.56 Å². The Kier molecular flexibility index (Phi) is 2.25. The molecule has 1 unspecified atom stereocenters. The number of para-hydroxylation sites is 1. The van der Waals surface area contributed by atoms with Crippen LogP contribution in [0.5, 0.6) is 5.75 Å². The third kappa shape index (κ3) is 1.51. The molecule has 0 spiro atoms. The van der Waals surface area contributed by atoms with Crippen molar-refractivity contribution in [2.45, 2.75) is 6.42 Å². The van der Waals surface area contributed by atoms with Crippen molar-refractivity contribution >= 4 is 22.8 Å². The highest BCUT2D eigenvalue weighted by atomic mass is 35.5. The van der Waals surface area contributed by atoms with E-state index in [9.17, 15) is 9.59 Å². The molecule has 0 saturated carbocycles. The average Bonchev–Trinajstić information content (AvgIpc) is 2.16. The Labute approximate surface area is 85.6 Å². The molecule has 1 aromatic carbocycles. The Morgan fingerprint density at radius 1 is 1.43 bits per heavy atom. The van der Waals surface area contributed by atoms with Gasteiger partial charge in [-0.25, -0.2) is 0 Å². The maximum absolute atomic E-state index is 11.3. The Morgan fingerprint density at radius 3 is 2.86 bits per heavy atom. The molecule has 1 heterocycles. The number of esters is 1. The fourth-order valence-electron chi connectivity index (χ4n) is 1.43. The lowest BCUT2D eigenvalue weighted by Crippen LogP contribution is -2.31. The van der Waals surface area contributed by atoms with Gasteiger partial charge in [-0.15, -0.1) is 0 Å². The summed E-state index contributed by atoms with van der Waals surface area (Å²) in [5.74, 6) is -0.901. The summed E-state index contributed by atoms with van der Waals surface area (Å²) in [7, 11) is 0. The van der Waals surface area contributed by atoms with Crippen LogP contribution in [0.15, 0.2) is 24.3 Å². The van der Waals surface area contributed by atoms with Crippen LogP contribution in [-0.2, 0) is 16.0 Å². The van der Waals surface area contributed by atoms with Gasteiger partial charge in [0, 0.05) is 0 Å². The summed E-state index contributed by atoms with van der Waals surface area (Å²) < 4.78 is 4.96. The van der Waals surface area contributed by atoms with Crippen LogP contribution in [0.2, 0.25) is 0 Å². The van der Waals surface area contributed by atoms with Crippen LogP contribution >= 0.6 is 11.6 Å². The van der Waals surface area contributed by atoms with E-state index in [0.717, 1.165) is 5.56 Å². The van der Waals surface area contributed by atoms with Gasteiger partial charge in [0.25, 0.3) is 0 Å². The van der Waals surface area contributed by atoms with E-state index < -0.39 is 17.1 Å². The van der Waals surface area contributed by atoms with Crippen LogP contribution in [0.4, 0.5) is 0 Å². The highest BCUT2D eigenvalue weighted by Gasteiger charge is 2.32. The van der Waals surface area contributed by atoms with Gasteiger partial charge in [-0.3, -0.25) is 9.59 Å². The lowest BCUT2D eigenvalue weighted by Gasteiger charge is -2.20. The molecular formula is C10H7ClO3. The molecular weight excluding hydrogens is 204 g/mol. The highest BCUT2D eigenvalue weighted by Crippen LogP contribution is 2.28. The van der Waals surface area contributed by atoms with Gasteiger partial charge in [-0.1, -0.05) is 18.2 Å². The quantitative estimate of drug-likeness (QED) is 0.306. The van der Waals surface area contributed by atoms with E-state index in [2.05, 4.69) is 0 Å². The van der Waals surface area contributed by atoms with E-state index in [4.69, 9.17) is 16.3 Å². The van der Waals surface area contributed by atoms with Crippen molar-refractivity contribution in [2.24, 2.45) is 5.92 Å². The van der Waals surface area contributed by atoms with E-state index in [1.54, 1.807) is 12.1 Å². The molecule has 3 nitrogen and oxygen atoms in total. The third-order valence-electron chi connectivity index (χ3n) is 2.17. The van der Waals surface area contributed by atoms with Crippen molar-refractivity contribution in [3.8, 4) is 5.75 Å². The first-order valence-electron chi connectivity index (χ1n) is 4.17. The molecule has 2 rings (SSSR count). The van der Waals surface area contributed by atoms with E-state index in [1.807, 2.05) is 12.1 Å². The van der Waals surface area contributed by atoms with Gasteiger partial charge < -0.3 is 4.74 Å². The van der Waals surface area contributed by atoms with Crippen molar-refractivity contribution in [3.05, 3.63) is 29.8 Å². The molecule has 72 valence electrons. The molecule has 0 bridgehead atoms. The lowest BCUT2D eigenvalue weighted by molar-refractivity contribution is -0.143. The van der Waals surface area contributed by atoms with Crippen LogP contribution in [-0.4, -0.2) is 11.2 Å². The van der Waals surface area contributed by atoms with Gasteiger partial charge in [0.1, 0.15) is 11.7 Å². The summed E-state index contributed by atoms with van der Waals surface area (Å²) in [6.45, 7) is 0. The Hall–Kier alpha value is -1.35. The van der Waals surface area contributed by atoms with Gasteiger partial charge in [-0.2, -0.15) is 0 Å². The Balaban J connectivity index is 2.36. The molecule has 1 aliphatic rings. The predicted octanol–water partition coefficient (Wildman–Crippen LogP) is 1.53. The smallest absolute Gasteiger partial charge is 0.323 e. The molecule has 0 aliphatic carbocycles. The summed E-state index contributed by atoms with van der Waals surface area (Å²) in [5, 5.41) is -0.662. The summed E-state index contributed by atoms with van der Waals surface area (Å²) in [6, 6.07) is 7.11. The number of fused-ring (bicyclic) bond motifs is 1. The standard InChI is InChI=1S/C10H7ClO3/c11-9(12)7-5-6-3-1-2-4-8(6)14-10(7)13/h1-4,7H,5H2. The fourth-order valence-corrected chi connectivity index (χ4v) is 1.59. The van der Waals surface area contributed by atoms with Crippen molar-refractivity contribution < 1.29 is 14.3 Å². The minimum absolute atomic E-state index is 0.331. The van der Waals surface area contributed by atoms with Gasteiger partial charge in [0.2, 0.25) is 5.24 Å².